The van der Waals surface area contributed by atoms with Gasteiger partial charge >= 0.3 is 0 Å². The van der Waals surface area contributed by atoms with Crippen LogP contribution in [-0.4, -0.2) is 99.1 Å². The summed E-state index contributed by atoms with van der Waals surface area (Å²) < 4.78 is 11.4. The van der Waals surface area contributed by atoms with E-state index >= 15 is 0 Å². The van der Waals surface area contributed by atoms with E-state index in [0.717, 1.165) is 0 Å². The van der Waals surface area contributed by atoms with Crippen LogP contribution in [0.5, 0.6) is 5.75 Å². The number of morpholine rings is 1. The Balaban J connectivity index is 1.39. The predicted octanol–water partition coefficient (Wildman–Crippen LogP) is -1.94. The molecular weight excluding hydrogens is 476 g/mol. The number of amides is 3. The van der Waals surface area contributed by atoms with Crippen LogP contribution in [0.3, 0.4) is 0 Å². The number of rotatable bonds is 6. The van der Waals surface area contributed by atoms with E-state index < -0.39 is 23.3 Å². The van der Waals surface area contributed by atoms with Crippen LogP contribution in [0.15, 0.2) is 30.3 Å². The van der Waals surface area contributed by atoms with E-state index in [-0.39, 0.29) is 48.0 Å². The standard InChI is InChI=1S/C25H22B5N3O5/c26-17-11-16(18(27)10-14(17)22(28)32-6-8-37-9-7-32)25(29,30)38-20-3-1-2-13-15(20)12-33(24(13)36)19-4-5-21(34)31-23(19)35/h1-3,10-11,19,22H,4-9,12H2,(H,31,34,35). The van der Waals surface area contributed by atoms with Crippen LogP contribution in [0, 0.1) is 0 Å². The molecule has 2 fully saturated rings. The summed E-state index contributed by atoms with van der Waals surface area (Å²) in [6.45, 7) is 2.58. The molecule has 1 N–H and O–H groups in total. The Hall–Kier alpha value is -2.91. The number of carbonyl (C=O) groups is 3. The summed E-state index contributed by atoms with van der Waals surface area (Å²) in [4.78, 5) is 40.5. The normalized spacial score (nSPS) is 21.2. The highest BCUT2D eigenvalue weighted by atomic mass is 16.5. The van der Waals surface area contributed by atoms with Gasteiger partial charge in [0.05, 0.1) is 27.6 Å². The highest BCUT2D eigenvalue weighted by Crippen LogP contribution is 2.35. The van der Waals surface area contributed by atoms with Gasteiger partial charge in [0.25, 0.3) is 5.91 Å². The number of hydrogen-bond donors (Lipinski definition) is 1. The van der Waals surface area contributed by atoms with Crippen LogP contribution >= 0.6 is 0 Å². The molecule has 0 aliphatic carbocycles. The first-order valence-electron chi connectivity index (χ1n) is 12.4. The SMILES string of the molecule is [B]c1cc(C([B])([B])Oc2cccc3c2CN(C2CCC(=O)NC2=O)C3=O)c([B])cc1C([B])N1CCOCC1. The molecule has 0 saturated carbocycles. The zero-order valence-corrected chi connectivity index (χ0v) is 20.8. The maximum atomic E-state index is 13.1. The Morgan fingerprint density at radius 3 is 2.53 bits per heavy atom. The molecule has 3 aliphatic rings. The van der Waals surface area contributed by atoms with Gasteiger partial charge in [-0.2, -0.15) is 0 Å². The molecule has 0 bridgehead atoms. The van der Waals surface area contributed by atoms with Crippen LogP contribution in [0.4, 0.5) is 0 Å². The number of carbonyl (C=O) groups excluding carboxylic acids is 3. The van der Waals surface area contributed by atoms with Crippen molar-refractivity contribution in [1.29, 1.82) is 0 Å². The number of ether oxygens (including phenoxy) is 2. The molecule has 8 nitrogen and oxygen atoms in total. The van der Waals surface area contributed by atoms with Crippen molar-refractivity contribution in [2.75, 3.05) is 26.3 Å². The highest BCUT2D eigenvalue weighted by Gasteiger charge is 2.40. The van der Waals surface area contributed by atoms with Gasteiger partial charge in [0.15, 0.2) is 0 Å². The van der Waals surface area contributed by atoms with E-state index in [9.17, 15) is 14.4 Å². The Labute approximate surface area is 228 Å². The molecule has 2 atom stereocenters. The van der Waals surface area contributed by atoms with Crippen molar-refractivity contribution in [3.63, 3.8) is 0 Å². The molecule has 182 valence electrons. The van der Waals surface area contributed by atoms with Gasteiger partial charge in [-0.25, -0.2) is 0 Å². The van der Waals surface area contributed by atoms with Crippen LogP contribution < -0.4 is 21.0 Å². The second kappa shape index (κ2) is 10.3. The Morgan fingerprint density at radius 1 is 1.08 bits per heavy atom. The van der Waals surface area contributed by atoms with Crippen LogP contribution in [0.1, 0.15) is 45.8 Å². The fourth-order valence-corrected chi connectivity index (χ4v) is 5.19. The number of nitrogens with zero attached hydrogens (tertiary/aromatic N) is 2. The lowest BCUT2D eigenvalue weighted by atomic mass is 9.57. The summed E-state index contributed by atoms with van der Waals surface area (Å²) in [7, 11) is 32.0. The van der Waals surface area contributed by atoms with E-state index in [1.165, 1.54) is 4.90 Å². The topological polar surface area (TPSA) is 88.2 Å². The zero-order chi connectivity index (χ0) is 27.2. The van der Waals surface area contributed by atoms with Crippen molar-refractivity contribution in [3.05, 3.63) is 52.6 Å². The van der Waals surface area contributed by atoms with Gasteiger partial charge in [0.2, 0.25) is 11.8 Å². The van der Waals surface area contributed by atoms with E-state index in [1.54, 1.807) is 30.3 Å². The minimum Gasteiger partial charge on any atom is -0.502 e. The third kappa shape index (κ3) is 4.94. The van der Waals surface area contributed by atoms with Crippen LogP contribution in [0.25, 0.3) is 0 Å². The zero-order valence-electron chi connectivity index (χ0n) is 20.8. The first-order valence-corrected chi connectivity index (χ1v) is 12.4. The molecule has 38 heavy (non-hydrogen) atoms. The lowest BCUT2D eigenvalue weighted by molar-refractivity contribution is -0.136. The van der Waals surface area contributed by atoms with Crippen molar-refractivity contribution in [1.82, 2.24) is 15.1 Å². The Bertz CT molecular complexity index is 1300. The lowest BCUT2D eigenvalue weighted by Gasteiger charge is -2.36. The molecule has 10 radical (unpaired) electrons. The largest absolute Gasteiger partial charge is 0.502 e. The molecule has 2 unspecified atom stereocenters. The Kier molecular flexibility index (Phi) is 7.26. The van der Waals surface area contributed by atoms with Gasteiger partial charge in [0.1, 0.15) is 43.2 Å². The first kappa shape index (κ1) is 26.7. The fraction of sp³-hybridized carbons (Fsp3) is 0.400. The van der Waals surface area contributed by atoms with E-state index in [0.29, 0.717) is 48.5 Å². The lowest BCUT2D eigenvalue weighted by Crippen LogP contribution is -2.52. The van der Waals surface area contributed by atoms with Crippen LogP contribution in [0.2, 0.25) is 0 Å². The summed E-state index contributed by atoms with van der Waals surface area (Å²) >= 11 is 0. The minimum absolute atomic E-state index is 0.0949. The second-order valence-electron chi connectivity index (χ2n) is 9.74. The first-order chi connectivity index (χ1) is 18.1. The quantitative estimate of drug-likeness (QED) is 0.369. The van der Waals surface area contributed by atoms with Crippen molar-refractivity contribution in [3.8, 4) is 5.75 Å². The molecular formula is C25H22B5N3O5. The molecule has 5 rings (SSSR count). The third-order valence-electron chi connectivity index (χ3n) is 7.25. The summed E-state index contributed by atoms with van der Waals surface area (Å²) in [5, 5.41) is 0.383. The number of fused-ring (bicyclic) bond motifs is 1. The molecule has 2 aromatic rings. The Morgan fingerprint density at radius 2 is 1.82 bits per heavy atom. The number of hydrogen-bond acceptors (Lipinski definition) is 6. The average Bonchev–Trinajstić information content (AvgIpc) is 3.22. The van der Waals surface area contributed by atoms with Gasteiger partial charge < -0.3 is 19.3 Å². The summed E-state index contributed by atoms with van der Waals surface area (Å²) in [5.74, 6) is -1.42. The second-order valence-corrected chi connectivity index (χ2v) is 9.74. The maximum Gasteiger partial charge on any atom is 0.255 e. The smallest absolute Gasteiger partial charge is 0.255 e. The molecule has 13 heteroatoms. The molecule has 3 heterocycles. The van der Waals surface area contributed by atoms with Gasteiger partial charge in [-0.1, -0.05) is 29.1 Å². The van der Waals surface area contributed by atoms with Crippen LogP contribution in [-0.2, 0) is 26.3 Å². The monoisotopic (exact) mass is 499 g/mol. The summed E-state index contributed by atoms with van der Waals surface area (Å²) in [6, 6.07) is 7.34. The molecule has 2 saturated heterocycles. The molecule has 0 aromatic heterocycles. The van der Waals surface area contributed by atoms with Crippen molar-refractivity contribution < 1.29 is 23.9 Å². The van der Waals surface area contributed by atoms with E-state index in [4.69, 9.17) is 48.7 Å². The van der Waals surface area contributed by atoms with Gasteiger partial charge in [-0.15, -0.1) is 0 Å². The van der Waals surface area contributed by atoms with Crippen molar-refractivity contribution in [2.45, 2.75) is 36.8 Å². The molecule has 3 aliphatic heterocycles. The third-order valence-corrected chi connectivity index (χ3v) is 7.25. The number of nitrogens with one attached hydrogen (secondary N) is 1. The van der Waals surface area contributed by atoms with Gasteiger partial charge in [-0.3, -0.25) is 19.7 Å². The van der Waals surface area contributed by atoms with E-state index in [2.05, 4.69) is 5.32 Å². The number of benzene rings is 2. The number of piperidine rings is 1. The summed E-state index contributed by atoms with van der Waals surface area (Å²) in [5.41, 5.74) is 2.38. The maximum absolute atomic E-state index is 13.1. The summed E-state index contributed by atoms with van der Waals surface area (Å²) in [6.07, 6.45) is 0.396. The van der Waals surface area contributed by atoms with Gasteiger partial charge in [0, 0.05) is 36.0 Å². The van der Waals surface area contributed by atoms with Crippen molar-refractivity contribution in [2.24, 2.45) is 0 Å². The average molecular weight is 499 g/mol. The molecule has 3 amide bonds. The molecule has 2 aromatic carbocycles. The van der Waals surface area contributed by atoms with Crippen molar-refractivity contribution >= 4 is 67.9 Å². The van der Waals surface area contributed by atoms with E-state index in [1.807, 2.05) is 4.90 Å². The predicted molar refractivity (Wildman–Crippen MR) is 144 cm³/mol. The van der Waals surface area contributed by atoms with Gasteiger partial charge in [-0.05, 0) is 35.6 Å². The number of imide groups is 1. The molecule has 0 spiro atoms. The fourth-order valence-electron chi connectivity index (χ4n) is 5.19. The minimum atomic E-state index is -1.90. The highest BCUT2D eigenvalue weighted by molar-refractivity contribution is 6.44.